The molecule has 2 atom stereocenters. The third-order valence-electron chi connectivity index (χ3n) is 5.77. The summed E-state index contributed by atoms with van der Waals surface area (Å²) in [5, 5.41) is 14.0. The van der Waals surface area contributed by atoms with Crippen LogP contribution in [0.25, 0.3) is 0 Å². The molecule has 0 aliphatic carbocycles. The van der Waals surface area contributed by atoms with Gasteiger partial charge in [-0.2, -0.15) is 0 Å². The summed E-state index contributed by atoms with van der Waals surface area (Å²) < 4.78 is 5.50. The number of aromatic nitrogens is 1. The van der Waals surface area contributed by atoms with E-state index in [2.05, 4.69) is 34.2 Å². The third-order valence-corrected chi connectivity index (χ3v) is 5.77. The summed E-state index contributed by atoms with van der Waals surface area (Å²) in [6.07, 6.45) is 3.65. The van der Waals surface area contributed by atoms with Gasteiger partial charge in [0.25, 0.3) is 0 Å². The Balaban J connectivity index is 1.63. The van der Waals surface area contributed by atoms with Crippen molar-refractivity contribution in [1.29, 1.82) is 0 Å². The van der Waals surface area contributed by atoms with Gasteiger partial charge in [0.05, 0.1) is 11.8 Å². The normalized spacial score (nSPS) is 24.2. The largest absolute Gasteiger partial charge is 0.380 e. The van der Waals surface area contributed by atoms with Gasteiger partial charge < -0.3 is 20.1 Å². The monoisotopic (exact) mass is 391 g/mol. The molecule has 2 fully saturated rings. The molecule has 5 nitrogen and oxygen atoms in total. The van der Waals surface area contributed by atoms with Crippen LogP contribution in [-0.2, 0) is 11.2 Å². The van der Waals surface area contributed by atoms with Crippen LogP contribution in [0.15, 0.2) is 42.5 Å². The van der Waals surface area contributed by atoms with Gasteiger partial charge in [-0.15, -0.1) is 0 Å². The molecule has 0 saturated carbocycles. The van der Waals surface area contributed by atoms with Gasteiger partial charge >= 0.3 is 0 Å². The van der Waals surface area contributed by atoms with Crippen molar-refractivity contribution in [2.75, 3.05) is 38.2 Å². The Hall–Kier alpha value is -2.39. The van der Waals surface area contributed by atoms with Crippen molar-refractivity contribution in [3.05, 3.63) is 59.3 Å². The lowest BCUT2D eigenvalue weighted by atomic mass is 9.94. The Bertz CT molecular complexity index is 882. The number of pyridine rings is 1. The predicted octanol–water partition coefficient (Wildman–Crippen LogP) is 2.36. The average Bonchev–Trinajstić information content (AvgIpc) is 3.23. The summed E-state index contributed by atoms with van der Waals surface area (Å²) >= 11 is 0. The molecular formula is C24H29N3O2. The zero-order valence-electron chi connectivity index (χ0n) is 17.0. The molecule has 0 radical (unpaired) electrons. The van der Waals surface area contributed by atoms with Crippen molar-refractivity contribution in [2.24, 2.45) is 0 Å². The Morgan fingerprint density at radius 3 is 2.86 bits per heavy atom. The van der Waals surface area contributed by atoms with E-state index in [0.29, 0.717) is 13.0 Å². The average molecular weight is 392 g/mol. The summed E-state index contributed by atoms with van der Waals surface area (Å²) in [5.41, 5.74) is 2.09. The van der Waals surface area contributed by atoms with Gasteiger partial charge in [-0.1, -0.05) is 42.2 Å². The Morgan fingerprint density at radius 2 is 2.14 bits per heavy atom. The van der Waals surface area contributed by atoms with Crippen LogP contribution in [0.2, 0.25) is 0 Å². The van der Waals surface area contributed by atoms with Crippen molar-refractivity contribution >= 4 is 5.82 Å². The second-order valence-corrected chi connectivity index (χ2v) is 7.98. The number of ether oxygens (including phenoxy) is 1. The smallest absolute Gasteiger partial charge is 0.138 e. The zero-order valence-corrected chi connectivity index (χ0v) is 17.0. The first-order valence-electron chi connectivity index (χ1n) is 10.4. The lowest BCUT2D eigenvalue weighted by molar-refractivity contribution is 0.0736. The molecule has 2 aliphatic heterocycles. The van der Waals surface area contributed by atoms with Gasteiger partial charge in [0.1, 0.15) is 11.4 Å². The van der Waals surface area contributed by atoms with Gasteiger partial charge in [0, 0.05) is 38.7 Å². The van der Waals surface area contributed by atoms with Crippen LogP contribution in [-0.4, -0.2) is 55.1 Å². The number of rotatable bonds is 4. The maximum atomic E-state index is 10.7. The molecular weight excluding hydrogens is 362 g/mol. The molecule has 1 aromatic carbocycles. The first kappa shape index (κ1) is 19.9. The summed E-state index contributed by atoms with van der Waals surface area (Å²) in [7, 11) is 1.77. The van der Waals surface area contributed by atoms with E-state index in [9.17, 15) is 5.11 Å². The van der Waals surface area contributed by atoms with Crippen LogP contribution in [0.3, 0.4) is 0 Å². The van der Waals surface area contributed by atoms with Crippen LogP contribution in [0.5, 0.6) is 0 Å². The van der Waals surface area contributed by atoms with Crippen LogP contribution < -0.4 is 10.2 Å². The molecule has 152 valence electrons. The van der Waals surface area contributed by atoms with Gasteiger partial charge in [-0.05, 0) is 43.5 Å². The zero-order chi connectivity index (χ0) is 20.1. The number of hydrogen-bond acceptors (Lipinski definition) is 5. The van der Waals surface area contributed by atoms with Crippen LogP contribution >= 0.6 is 0 Å². The number of nitrogens with zero attached hydrogens (tertiary/aromatic N) is 2. The van der Waals surface area contributed by atoms with E-state index in [1.807, 2.05) is 30.3 Å². The van der Waals surface area contributed by atoms with Crippen LogP contribution in [0.1, 0.15) is 36.1 Å². The highest BCUT2D eigenvalue weighted by Gasteiger charge is 2.27. The van der Waals surface area contributed by atoms with E-state index in [1.165, 1.54) is 5.56 Å². The van der Waals surface area contributed by atoms with E-state index in [0.717, 1.165) is 56.0 Å². The Labute approximate surface area is 173 Å². The van der Waals surface area contributed by atoms with E-state index in [4.69, 9.17) is 9.72 Å². The fourth-order valence-corrected chi connectivity index (χ4v) is 4.01. The number of aliphatic hydroxyl groups is 1. The highest BCUT2D eigenvalue weighted by molar-refractivity contribution is 5.49. The molecule has 2 saturated heterocycles. The standard InChI is InChI=1S/C24H29N3O2/c1-29-21-11-15-27(17-21)23-9-8-20(10-13-24(28)12-5-14-25-18-24)22(26-23)16-19-6-3-2-4-7-19/h2-4,6-9,21,25,28H,5,11-12,14-18H2,1H3/t21-,24?/m0/s1. The van der Waals surface area contributed by atoms with E-state index >= 15 is 0 Å². The molecule has 4 rings (SSSR count). The Morgan fingerprint density at radius 1 is 1.28 bits per heavy atom. The predicted molar refractivity (Wildman–Crippen MR) is 115 cm³/mol. The molecule has 29 heavy (non-hydrogen) atoms. The molecule has 3 heterocycles. The molecule has 0 amide bonds. The highest BCUT2D eigenvalue weighted by atomic mass is 16.5. The SMILES string of the molecule is CO[C@H]1CCN(c2ccc(C#CC3(O)CCCNC3)c(Cc3ccccc3)n2)C1. The van der Waals surface area contributed by atoms with Gasteiger partial charge in [-0.3, -0.25) is 0 Å². The molecule has 5 heteroatoms. The van der Waals surface area contributed by atoms with E-state index in [-0.39, 0.29) is 6.10 Å². The summed E-state index contributed by atoms with van der Waals surface area (Å²) in [4.78, 5) is 7.25. The Kier molecular flexibility index (Phi) is 6.15. The topological polar surface area (TPSA) is 57.6 Å². The van der Waals surface area contributed by atoms with Crippen molar-refractivity contribution in [2.45, 2.75) is 37.4 Å². The van der Waals surface area contributed by atoms with Crippen molar-refractivity contribution in [3.63, 3.8) is 0 Å². The maximum Gasteiger partial charge on any atom is 0.138 e. The third kappa shape index (κ3) is 4.97. The molecule has 0 bridgehead atoms. The number of methoxy groups -OCH3 is 1. The molecule has 2 N–H and O–H groups in total. The maximum absolute atomic E-state index is 10.7. The first-order chi connectivity index (χ1) is 14.1. The van der Waals surface area contributed by atoms with Gasteiger partial charge in [0.15, 0.2) is 0 Å². The fourth-order valence-electron chi connectivity index (χ4n) is 4.01. The van der Waals surface area contributed by atoms with Crippen molar-refractivity contribution in [3.8, 4) is 11.8 Å². The molecule has 2 aliphatic rings. The molecule has 1 aromatic heterocycles. The minimum absolute atomic E-state index is 0.266. The van der Waals surface area contributed by atoms with Crippen molar-refractivity contribution in [1.82, 2.24) is 10.3 Å². The molecule has 0 spiro atoms. The number of hydrogen-bond donors (Lipinski definition) is 2. The minimum atomic E-state index is -0.957. The molecule has 1 unspecified atom stereocenters. The quantitative estimate of drug-likeness (QED) is 0.784. The van der Waals surface area contributed by atoms with Gasteiger partial charge in [-0.25, -0.2) is 4.98 Å². The number of anilines is 1. The van der Waals surface area contributed by atoms with Crippen LogP contribution in [0, 0.1) is 11.8 Å². The summed E-state index contributed by atoms with van der Waals surface area (Å²) in [6, 6.07) is 14.4. The summed E-state index contributed by atoms with van der Waals surface area (Å²) in [5.74, 6) is 7.32. The summed E-state index contributed by atoms with van der Waals surface area (Å²) in [6.45, 7) is 3.28. The van der Waals surface area contributed by atoms with E-state index in [1.54, 1.807) is 7.11 Å². The second kappa shape index (κ2) is 8.96. The highest BCUT2D eigenvalue weighted by Crippen LogP contribution is 2.23. The second-order valence-electron chi connectivity index (χ2n) is 7.98. The van der Waals surface area contributed by atoms with E-state index < -0.39 is 5.60 Å². The fraction of sp³-hybridized carbons (Fsp3) is 0.458. The number of nitrogens with one attached hydrogen (secondary N) is 1. The van der Waals surface area contributed by atoms with Crippen molar-refractivity contribution < 1.29 is 9.84 Å². The number of benzene rings is 1. The number of piperidine rings is 1. The minimum Gasteiger partial charge on any atom is -0.380 e. The molecule has 2 aromatic rings. The number of β-amino-alcohol motifs (C(OH)–C–C–N with tert-alkyl or cyclic N) is 1. The lowest BCUT2D eigenvalue weighted by Gasteiger charge is -2.27. The lowest BCUT2D eigenvalue weighted by Crippen LogP contribution is -2.44. The van der Waals surface area contributed by atoms with Gasteiger partial charge in [0.2, 0.25) is 0 Å². The first-order valence-corrected chi connectivity index (χ1v) is 10.4. The van der Waals surface area contributed by atoms with Crippen LogP contribution in [0.4, 0.5) is 5.82 Å².